The van der Waals surface area contributed by atoms with E-state index in [4.69, 9.17) is 23.7 Å². The maximum absolute atomic E-state index is 11.8. The van der Waals surface area contributed by atoms with Crippen LogP contribution in [-0.4, -0.2) is 67.7 Å². The SMILES string of the molecule is CCNC(CCCO)Oc1cc(OC)c2c(c1)-c1c(O)cc3c(c1CC2)C(O)C(c1cc(OC)c(O)c(OC)c1)CO3. The Bertz CT molecular complexity index is 1420. The van der Waals surface area contributed by atoms with Gasteiger partial charge in [-0.2, -0.15) is 0 Å². The summed E-state index contributed by atoms with van der Waals surface area (Å²) in [5, 5.41) is 46.1. The van der Waals surface area contributed by atoms with E-state index in [-0.39, 0.29) is 42.4 Å². The molecule has 0 saturated carbocycles. The third-order valence-electron chi connectivity index (χ3n) is 8.07. The van der Waals surface area contributed by atoms with Crippen molar-refractivity contribution in [1.82, 2.24) is 5.32 Å². The van der Waals surface area contributed by atoms with Crippen LogP contribution >= 0.6 is 0 Å². The lowest BCUT2D eigenvalue weighted by molar-refractivity contribution is 0.0875. The van der Waals surface area contributed by atoms with Crippen molar-refractivity contribution in [2.45, 2.75) is 50.9 Å². The van der Waals surface area contributed by atoms with Crippen LogP contribution in [0.5, 0.6) is 40.2 Å². The molecule has 3 aromatic rings. The maximum atomic E-state index is 11.8. The number of aromatic hydroxyl groups is 2. The van der Waals surface area contributed by atoms with Crippen molar-refractivity contribution in [2.75, 3.05) is 41.1 Å². The van der Waals surface area contributed by atoms with Gasteiger partial charge in [-0.15, -0.1) is 0 Å². The highest BCUT2D eigenvalue weighted by molar-refractivity contribution is 5.84. The molecule has 226 valence electrons. The second kappa shape index (κ2) is 12.6. The monoisotopic (exact) mass is 581 g/mol. The Morgan fingerprint density at radius 3 is 2.29 bits per heavy atom. The van der Waals surface area contributed by atoms with Gasteiger partial charge in [0.1, 0.15) is 29.2 Å². The van der Waals surface area contributed by atoms with Gasteiger partial charge in [-0.3, -0.25) is 5.32 Å². The van der Waals surface area contributed by atoms with Gasteiger partial charge in [-0.05, 0) is 60.7 Å². The number of benzene rings is 3. The molecule has 0 spiro atoms. The van der Waals surface area contributed by atoms with Crippen molar-refractivity contribution >= 4 is 0 Å². The van der Waals surface area contributed by atoms with E-state index in [9.17, 15) is 20.4 Å². The fourth-order valence-electron chi connectivity index (χ4n) is 6.07. The molecule has 5 rings (SSSR count). The molecule has 1 heterocycles. The maximum Gasteiger partial charge on any atom is 0.200 e. The van der Waals surface area contributed by atoms with Crippen molar-refractivity contribution in [1.29, 1.82) is 0 Å². The van der Waals surface area contributed by atoms with Gasteiger partial charge in [0, 0.05) is 47.8 Å². The number of fused-ring (bicyclic) bond motifs is 5. The van der Waals surface area contributed by atoms with E-state index in [2.05, 4.69) is 5.32 Å². The number of methoxy groups -OCH3 is 3. The fourth-order valence-corrected chi connectivity index (χ4v) is 6.07. The summed E-state index contributed by atoms with van der Waals surface area (Å²) in [6.45, 7) is 2.92. The smallest absolute Gasteiger partial charge is 0.200 e. The molecule has 0 aromatic heterocycles. The van der Waals surface area contributed by atoms with Crippen LogP contribution in [0.25, 0.3) is 11.1 Å². The van der Waals surface area contributed by atoms with Crippen molar-refractivity contribution in [3.05, 3.63) is 52.6 Å². The van der Waals surface area contributed by atoms with Crippen LogP contribution in [0.15, 0.2) is 30.3 Å². The number of rotatable bonds is 11. The van der Waals surface area contributed by atoms with Crippen LogP contribution in [0.1, 0.15) is 54.0 Å². The Balaban J connectivity index is 1.58. The second-order valence-corrected chi connectivity index (χ2v) is 10.5. The molecule has 0 radical (unpaired) electrons. The van der Waals surface area contributed by atoms with E-state index in [1.807, 2.05) is 19.1 Å². The van der Waals surface area contributed by atoms with Crippen molar-refractivity contribution in [3.63, 3.8) is 0 Å². The number of aliphatic hydroxyl groups is 2. The minimum absolute atomic E-state index is 0.0473. The lowest BCUT2D eigenvalue weighted by Crippen LogP contribution is -2.34. The van der Waals surface area contributed by atoms with Crippen LogP contribution in [0.2, 0.25) is 0 Å². The molecular weight excluding hydrogens is 542 g/mol. The summed E-state index contributed by atoms with van der Waals surface area (Å²) in [6.07, 6.45) is 1.13. The molecule has 3 unspecified atom stereocenters. The Kier molecular flexibility index (Phi) is 8.86. The summed E-state index contributed by atoms with van der Waals surface area (Å²) < 4.78 is 28.8. The molecule has 3 atom stereocenters. The van der Waals surface area contributed by atoms with E-state index in [1.54, 1.807) is 25.3 Å². The average Bonchev–Trinajstić information content (AvgIpc) is 2.99. The highest BCUT2D eigenvalue weighted by Crippen LogP contribution is 2.53. The number of hydrogen-bond donors (Lipinski definition) is 5. The fraction of sp³-hybridized carbons (Fsp3) is 0.438. The Morgan fingerprint density at radius 1 is 0.952 bits per heavy atom. The zero-order valence-corrected chi connectivity index (χ0v) is 24.4. The summed E-state index contributed by atoms with van der Waals surface area (Å²) in [5.74, 6) is 1.58. The highest BCUT2D eigenvalue weighted by atomic mass is 16.5. The van der Waals surface area contributed by atoms with Gasteiger partial charge in [0.2, 0.25) is 5.75 Å². The molecule has 0 amide bonds. The number of aliphatic hydroxyl groups excluding tert-OH is 2. The van der Waals surface area contributed by atoms with Crippen molar-refractivity contribution in [2.24, 2.45) is 0 Å². The Hall–Kier alpha value is -3.86. The van der Waals surface area contributed by atoms with Gasteiger partial charge >= 0.3 is 0 Å². The summed E-state index contributed by atoms with van der Waals surface area (Å²) in [6, 6.07) is 8.66. The third kappa shape index (κ3) is 5.37. The summed E-state index contributed by atoms with van der Waals surface area (Å²) in [7, 11) is 4.52. The van der Waals surface area contributed by atoms with E-state index >= 15 is 0 Å². The van der Waals surface area contributed by atoms with Crippen molar-refractivity contribution < 1.29 is 44.1 Å². The van der Waals surface area contributed by atoms with Crippen LogP contribution in [0.3, 0.4) is 0 Å². The Labute approximate surface area is 245 Å². The van der Waals surface area contributed by atoms with Crippen LogP contribution in [-0.2, 0) is 12.8 Å². The number of phenols is 2. The molecule has 42 heavy (non-hydrogen) atoms. The van der Waals surface area contributed by atoms with Gasteiger partial charge in [-0.1, -0.05) is 6.92 Å². The lowest BCUT2D eigenvalue weighted by Gasteiger charge is -2.35. The van der Waals surface area contributed by atoms with Gasteiger partial charge in [0.25, 0.3) is 0 Å². The first-order valence-electron chi connectivity index (χ1n) is 14.2. The van der Waals surface area contributed by atoms with Gasteiger partial charge < -0.3 is 44.1 Å². The third-order valence-corrected chi connectivity index (χ3v) is 8.07. The average molecular weight is 582 g/mol. The largest absolute Gasteiger partial charge is 0.507 e. The predicted octanol–water partition coefficient (Wildman–Crippen LogP) is 4.19. The normalized spacial score (nSPS) is 17.8. The highest BCUT2D eigenvalue weighted by Gasteiger charge is 2.38. The van der Waals surface area contributed by atoms with E-state index in [0.717, 1.165) is 16.7 Å². The molecule has 10 heteroatoms. The quantitative estimate of drug-likeness (QED) is 0.210. The molecule has 1 aliphatic carbocycles. The Morgan fingerprint density at radius 2 is 1.64 bits per heavy atom. The summed E-state index contributed by atoms with van der Waals surface area (Å²) in [4.78, 5) is 0. The zero-order chi connectivity index (χ0) is 30.0. The van der Waals surface area contributed by atoms with E-state index in [0.29, 0.717) is 66.2 Å². The van der Waals surface area contributed by atoms with Crippen molar-refractivity contribution in [3.8, 4) is 51.4 Å². The standard InChI is InChI=1S/C32H39NO9/c1-5-33-28(7-6-10-34)42-18-13-21-19(24(14-18)38-2)8-9-20-29(21)23(35)15-25-30(20)31(36)22(16-41-25)17-11-26(39-3)32(37)27(12-17)40-4/h11-15,22,28,31,33-37H,5-10,16H2,1-4H3. The summed E-state index contributed by atoms with van der Waals surface area (Å²) >= 11 is 0. The molecule has 0 bridgehead atoms. The molecule has 3 aromatic carbocycles. The summed E-state index contributed by atoms with van der Waals surface area (Å²) in [5.41, 5.74) is 4.43. The van der Waals surface area contributed by atoms with Crippen LogP contribution in [0.4, 0.5) is 0 Å². The molecule has 0 saturated heterocycles. The van der Waals surface area contributed by atoms with Crippen LogP contribution in [0, 0.1) is 0 Å². The first-order chi connectivity index (χ1) is 20.3. The zero-order valence-electron chi connectivity index (χ0n) is 24.4. The first kappa shape index (κ1) is 29.6. The first-order valence-corrected chi connectivity index (χ1v) is 14.2. The number of ether oxygens (including phenoxy) is 5. The number of hydrogen-bond acceptors (Lipinski definition) is 10. The molecule has 10 nitrogen and oxygen atoms in total. The molecular formula is C32H39NO9. The lowest BCUT2D eigenvalue weighted by atomic mass is 9.77. The minimum atomic E-state index is -0.957. The molecule has 5 N–H and O–H groups in total. The van der Waals surface area contributed by atoms with E-state index in [1.165, 1.54) is 14.2 Å². The predicted molar refractivity (Wildman–Crippen MR) is 156 cm³/mol. The molecule has 2 aliphatic rings. The molecule has 0 fully saturated rings. The number of phenolic OH excluding ortho intramolecular Hbond substituents is 2. The topological polar surface area (TPSA) is 139 Å². The van der Waals surface area contributed by atoms with Gasteiger partial charge in [0.15, 0.2) is 11.5 Å². The van der Waals surface area contributed by atoms with Crippen LogP contribution < -0.4 is 29.0 Å². The van der Waals surface area contributed by atoms with E-state index < -0.39 is 12.0 Å². The van der Waals surface area contributed by atoms with Gasteiger partial charge in [-0.25, -0.2) is 0 Å². The molecule has 1 aliphatic heterocycles. The van der Waals surface area contributed by atoms with Gasteiger partial charge in [0.05, 0.1) is 34.0 Å². The second-order valence-electron chi connectivity index (χ2n) is 10.5. The minimum Gasteiger partial charge on any atom is -0.507 e. The number of nitrogens with one attached hydrogen (secondary N) is 1.